The van der Waals surface area contributed by atoms with E-state index in [1.807, 2.05) is 30.3 Å². The molecule has 23 heavy (non-hydrogen) atoms. The molecule has 0 fully saturated rings. The van der Waals surface area contributed by atoms with E-state index in [-0.39, 0.29) is 12.5 Å². The topological polar surface area (TPSA) is 107 Å². The van der Waals surface area contributed by atoms with E-state index in [1.54, 1.807) is 6.92 Å². The van der Waals surface area contributed by atoms with Gasteiger partial charge in [-0.05, 0) is 12.5 Å². The lowest BCUT2D eigenvalue weighted by atomic mass is 10.1. The average Bonchev–Trinajstić information content (AvgIpc) is 3.12. The second-order valence-corrected chi connectivity index (χ2v) is 5.95. The minimum atomic E-state index is -0.250. The molecule has 0 aliphatic rings. The van der Waals surface area contributed by atoms with Gasteiger partial charge in [-0.3, -0.25) is 4.79 Å². The zero-order valence-electron chi connectivity index (χ0n) is 12.4. The lowest BCUT2D eigenvalue weighted by Gasteiger charge is -1.99. The number of amides is 1. The maximum atomic E-state index is 12.1. The molecule has 7 nitrogen and oxygen atoms in total. The molecule has 118 valence electrons. The van der Waals surface area contributed by atoms with Gasteiger partial charge in [0.25, 0.3) is 5.91 Å². The number of aryl methyl sites for hydroxylation is 1. The van der Waals surface area contributed by atoms with Crippen LogP contribution in [0, 0.1) is 6.92 Å². The van der Waals surface area contributed by atoms with E-state index in [4.69, 9.17) is 10.3 Å². The molecule has 0 saturated carbocycles. The summed E-state index contributed by atoms with van der Waals surface area (Å²) in [6.45, 7) is 1.91. The minimum absolute atomic E-state index is 0.165. The fraction of sp³-hybridized carbons (Fsp3) is 0.200. The summed E-state index contributed by atoms with van der Waals surface area (Å²) in [5.41, 5.74) is 7.30. The van der Waals surface area contributed by atoms with Gasteiger partial charge < -0.3 is 15.6 Å². The van der Waals surface area contributed by atoms with Crippen LogP contribution >= 0.6 is 11.3 Å². The lowest BCUT2D eigenvalue weighted by Crippen LogP contribution is -2.22. The first-order valence-electron chi connectivity index (χ1n) is 6.98. The number of anilines is 1. The zero-order chi connectivity index (χ0) is 16.2. The van der Waals surface area contributed by atoms with Crippen LogP contribution in [0.4, 0.5) is 5.13 Å². The molecule has 3 aromatic rings. The third kappa shape index (κ3) is 3.72. The van der Waals surface area contributed by atoms with Crippen molar-refractivity contribution in [2.24, 2.45) is 0 Å². The van der Waals surface area contributed by atoms with Crippen LogP contribution in [0.2, 0.25) is 0 Å². The Labute approximate surface area is 136 Å². The summed E-state index contributed by atoms with van der Waals surface area (Å²) in [5.74, 6) is 0.692. The summed E-state index contributed by atoms with van der Waals surface area (Å²) in [6.07, 6.45) is 0.586. The van der Waals surface area contributed by atoms with Gasteiger partial charge in [0, 0.05) is 6.42 Å². The molecule has 0 bridgehead atoms. The molecular formula is C15H15N5O2S. The van der Waals surface area contributed by atoms with Crippen molar-refractivity contribution >= 4 is 22.4 Å². The molecule has 1 aromatic carbocycles. The number of carbonyl (C=O) groups is 1. The van der Waals surface area contributed by atoms with Gasteiger partial charge >= 0.3 is 0 Å². The molecule has 3 N–H and O–H groups in total. The first kappa shape index (κ1) is 15.2. The Morgan fingerprint density at radius 2 is 2.09 bits per heavy atom. The van der Waals surface area contributed by atoms with Crippen molar-refractivity contribution in [3.8, 4) is 0 Å². The quantitative estimate of drug-likeness (QED) is 0.741. The number of nitrogens with zero attached hydrogens (tertiary/aromatic N) is 3. The minimum Gasteiger partial charge on any atom is -0.375 e. The van der Waals surface area contributed by atoms with Gasteiger partial charge in [-0.25, -0.2) is 4.98 Å². The van der Waals surface area contributed by atoms with E-state index in [0.717, 1.165) is 16.9 Å². The van der Waals surface area contributed by atoms with Crippen molar-refractivity contribution in [2.45, 2.75) is 19.9 Å². The molecule has 0 aliphatic carbocycles. The molecule has 8 heteroatoms. The highest BCUT2D eigenvalue weighted by atomic mass is 32.1. The molecule has 2 aromatic heterocycles. The van der Waals surface area contributed by atoms with Crippen molar-refractivity contribution in [3.63, 3.8) is 0 Å². The van der Waals surface area contributed by atoms with Crippen LogP contribution in [0.3, 0.4) is 0 Å². The highest BCUT2D eigenvalue weighted by Crippen LogP contribution is 2.19. The summed E-state index contributed by atoms with van der Waals surface area (Å²) in [7, 11) is 0. The van der Waals surface area contributed by atoms with E-state index in [0.29, 0.717) is 33.8 Å². The van der Waals surface area contributed by atoms with E-state index < -0.39 is 0 Å². The molecule has 0 aliphatic heterocycles. The van der Waals surface area contributed by atoms with Crippen LogP contribution in [-0.4, -0.2) is 21.0 Å². The summed E-state index contributed by atoms with van der Waals surface area (Å²) in [6, 6.07) is 9.86. The molecule has 1 amide bonds. The summed E-state index contributed by atoms with van der Waals surface area (Å²) in [5, 5.41) is 7.01. The molecule has 0 spiro atoms. The maximum absolute atomic E-state index is 12.1. The predicted molar refractivity (Wildman–Crippen MR) is 86.0 cm³/mol. The molecule has 0 saturated heterocycles. The van der Waals surface area contributed by atoms with Crippen molar-refractivity contribution in [3.05, 3.63) is 58.2 Å². The molecule has 0 unspecified atom stereocenters. The van der Waals surface area contributed by atoms with E-state index >= 15 is 0 Å². The van der Waals surface area contributed by atoms with Gasteiger partial charge in [0.05, 0.1) is 12.2 Å². The normalized spacial score (nSPS) is 10.7. The largest absolute Gasteiger partial charge is 0.375 e. The van der Waals surface area contributed by atoms with Gasteiger partial charge in [-0.2, -0.15) is 4.98 Å². The Morgan fingerprint density at radius 3 is 2.78 bits per heavy atom. The second-order valence-electron chi connectivity index (χ2n) is 4.92. The van der Waals surface area contributed by atoms with E-state index in [2.05, 4.69) is 20.4 Å². The first-order chi connectivity index (χ1) is 11.1. The summed E-state index contributed by atoms with van der Waals surface area (Å²) >= 11 is 1.15. The highest BCUT2D eigenvalue weighted by molar-refractivity contribution is 7.17. The Morgan fingerprint density at radius 1 is 1.30 bits per heavy atom. The first-order valence-corrected chi connectivity index (χ1v) is 7.80. The predicted octanol–water partition coefficient (Wildman–Crippen LogP) is 1.94. The number of carbonyl (C=O) groups excluding carboxylic acids is 1. The van der Waals surface area contributed by atoms with Crippen molar-refractivity contribution in [2.75, 3.05) is 5.73 Å². The van der Waals surface area contributed by atoms with Gasteiger partial charge in [0.15, 0.2) is 11.0 Å². The Bertz CT molecular complexity index is 812. The van der Waals surface area contributed by atoms with E-state index in [1.165, 1.54) is 0 Å². The fourth-order valence-electron chi connectivity index (χ4n) is 2.08. The van der Waals surface area contributed by atoms with Crippen LogP contribution in [0.25, 0.3) is 0 Å². The molecule has 0 atom stereocenters. The van der Waals surface area contributed by atoms with Gasteiger partial charge in [-0.1, -0.05) is 46.8 Å². The number of rotatable bonds is 5. The number of aromatic nitrogens is 3. The van der Waals surface area contributed by atoms with E-state index in [9.17, 15) is 4.79 Å². The number of benzene rings is 1. The monoisotopic (exact) mass is 329 g/mol. The lowest BCUT2D eigenvalue weighted by molar-refractivity contribution is 0.0949. The van der Waals surface area contributed by atoms with Gasteiger partial charge in [0.1, 0.15) is 4.88 Å². The smallest absolute Gasteiger partial charge is 0.263 e. The number of nitrogen functional groups attached to an aromatic ring is 1. The summed E-state index contributed by atoms with van der Waals surface area (Å²) in [4.78, 5) is 20.8. The van der Waals surface area contributed by atoms with Crippen molar-refractivity contribution in [1.29, 1.82) is 0 Å². The second kappa shape index (κ2) is 6.57. The summed E-state index contributed by atoms with van der Waals surface area (Å²) < 4.78 is 5.15. The van der Waals surface area contributed by atoms with Gasteiger partial charge in [-0.15, -0.1) is 0 Å². The zero-order valence-corrected chi connectivity index (χ0v) is 13.3. The third-order valence-corrected chi connectivity index (χ3v) is 4.12. The number of nitrogens with one attached hydrogen (secondary N) is 1. The number of nitrogens with two attached hydrogens (primary N) is 1. The van der Waals surface area contributed by atoms with Crippen LogP contribution in [0.15, 0.2) is 34.9 Å². The number of hydrogen-bond acceptors (Lipinski definition) is 7. The molecule has 0 radical (unpaired) electrons. The Hall–Kier alpha value is -2.74. The fourth-order valence-corrected chi connectivity index (χ4v) is 2.83. The standard InChI is InChI=1S/C15H15N5O2S/c1-9-13(23-15(16)18-9)14(21)17-8-12-19-11(20-22-12)7-10-5-3-2-4-6-10/h2-6H,7-8H2,1H3,(H2,16,18)(H,17,21). The van der Waals surface area contributed by atoms with Crippen LogP contribution in [0.1, 0.15) is 32.6 Å². The van der Waals surface area contributed by atoms with Crippen LogP contribution in [0.5, 0.6) is 0 Å². The number of hydrogen-bond donors (Lipinski definition) is 2. The van der Waals surface area contributed by atoms with Crippen molar-refractivity contribution in [1.82, 2.24) is 20.4 Å². The Kier molecular flexibility index (Phi) is 4.33. The van der Waals surface area contributed by atoms with Crippen LogP contribution < -0.4 is 11.1 Å². The average molecular weight is 329 g/mol. The third-order valence-electron chi connectivity index (χ3n) is 3.13. The SMILES string of the molecule is Cc1nc(N)sc1C(=O)NCc1nc(Cc2ccccc2)no1. The molecular weight excluding hydrogens is 314 g/mol. The van der Waals surface area contributed by atoms with Crippen LogP contribution in [-0.2, 0) is 13.0 Å². The highest BCUT2D eigenvalue weighted by Gasteiger charge is 2.15. The number of thiazole rings is 1. The molecule has 3 rings (SSSR count). The van der Waals surface area contributed by atoms with Crippen molar-refractivity contribution < 1.29 is 9.32 Å². The molecule has 2 heterocycles. The maximum Gasteiger partial charge on any atom is 0.263 e. The van der Waals surface area contributed by atoms with Gasteiger partial charge in [0.2, 0.25) is 5.89 Å². The Balaban J connectivity index is 1.59.